The molecule has 2 aromatic rings. The van der Waals surface area contributed by atoms with Crippen molar-refractivity contribution < 1.29 is 27.6 Å². The van der Waals surface area contributed by atoms with Crippen LogP contribution in [0.2, 0.25) is 0 Å². The largest absolute Gasteiger partial charge is 0.493 e. The number of nitrogens with one attached hydrogen (secondary N) is 1. The summed E-state index contributed by atoms with van der Waals surface area (Å²) < 4.78 is 37.7. The number of hydrogen-bond donors (Lipinski definition) is 1. The van der Waals surface area contributed by atoms with E-state index in [1.54, 1.807) is 5.38 Å². The molecule has 3 rings (SSSR count). The van der Waals surface area contributed by atoms with Gasteiger partial charge in [0.25, 0.3) is 11.6 Å². The number of amides is 1. The molecule has 0 spiro atoms. The van der Waals surface area contributed by atoms with E-state index in [2.05, 4.69) is 5.32 Å². The molecule has 0 atom stereocenters. The van der Waals surface area contributed by atoms with E-state index in [4.69, 9.17) is 9.47 Å². The fourth-order valence-electron chi connectivity index (χ4n) is 3.58. The predicted octanol–water partition coefficient (Wildman–Crippen LogP) is 2.82. The monoisotopic (exact) mass is 483 g/mol. The van der Waals surface area contributed by atoms with Gasteiger partial charge in [-0.15, -0.1) is 11.3 Å². The summed E-state index contributed by atoms with van der Waals surface area (Å²) in [5, 5.41) is 15.7. The van der Waals surface area contributed by atoms with Crippen LogP contribution < -0.4 is 14.8 Å². The Morgan fingerprint density at radius 2 is 1.84 bits per heavy atom. The van der Waals surface area contributed by atoms with Crippen LogP contribution in [0.5, 0.6) is 11.5 Å². The van der Waals surface area contributed by atoms with Crippen molar-refractivity contribution in [2.45, 2.75) is 30.6 Å². The normalized spacial score (nSPS) is 14.7. The van der Waals surface area contributed by atoms with Gasteiger partial charge in [-0.2, -0.15) is 4.31 Å². The molecule has 1 aromatic heterocycles. The Morgan fingerprint density at radius 1 is 1.19 bits per heavy atom. The average molecular weight is 484 g/mol. The minimum atomic E-state index is -3.74. The van der Waals surface area contributed by atoms with E-state index in [9.17, 15) is 23.3 Å². The van der Waals surface area contributed by atoms with Crippen LogP contribution in [0, 0.1) is 10.1 Å². The second-order valence-electron chi connectivity index (χ2n) is 7.18. The Kier molecular flexibility index (Phi) is 7.69. The van der Waals surface area contributed by atoms with Crippen LogP contribution >= 0.6 is 11.3 Å². The van der Waals surface area contributed by atoms with Gasteiger partial charge in [-0.25, -0.2) is 8.42 Å². The fraction of sp³-hybridized carbons (Fsp3) is 0.450. The third-order valence-electron chi connectivity index (χ3n) is 5.23. The van der Waals surface area contributed by atoms with Gasteiger partial charge in [-0.05, 0) is 36.8 Å². The van der Waals surface area contributed by atoms with E-state index in [1.807, 2.05) is 0 Å². The van der Waals surface area contributed by atoms with Gasteiger partial charge in [0.05, 0.1) is 25.2 Å². The summed E-state index contributed by atoms with van der Waals surface area (Å²) in [6, 6.07) is 4.22. The predicted molar refractivity (Wildman–Crippen MR) is 119 cm³/mol. The summed E-state index contributed by atoms with van der Waals surface area (Å²) in [5.74, 6) is 0.0458. The highest BCUT2D eigenvalue weighted by Gasteiger charge is 2.31. The van der Waals surface area contributed by atoms with Crippen LogP contribution in [-0.4, -0.2) is 57.4 Å². The van der Waals surface area contributed by atoms with Crippen LogP contribution in [0.4, 0.5) is 5.69 Å². The standard InChI is InChI=1S/C20H25N3O7S2/c1-29-16-12-14(15(23(25)26)13-17(16)30-2)6-8-21-20(24)19-18(7-11-31-19)32(27,28)22-9-4-3-5-10-22/h7,11-13H,3-6,8-10H2,1-2H3,(H,21,24). The molecule has 10 nitrogen and oxygen atoms in total. The Hall–Kier alpha value is -2.70. The smallest absolute Gasteiger partial charge is 0.276 e. The van der Waals surface area contributed by atoms with Crippen LogP contribution in [0.15, 0.2) is 28.5 Å². The Morgan fingerprint density at radius 3 is 2.47 bits per heavy atom. The van der Waals surface area contributed by atoms with Crippen molar-refractivity contribution >= 4 is 33.0 Å². The zero-order valence-electron chi connectivity index (χ0n) is 17.8. The Labute approximate surface area is 190 Å². The lowest BCUT2D eigenvalue weighted by atomic mass is 10.1. The van der Waals surface area contributed by atoms with Gasteiger partial charge in [0.15, 0.2) is 11.5 Å². The number of carbonyl (C=O) groups is 1. The summed E-state index contributed by atoms with van der Waals surface area (Å²) in [4.78, 5) is 23.7. The molecule has 32 heavy (non-hydrogen) atoms. The van der Waals surface area contributed by atoms with Gasteiger partial charge < -0.3 is 14.8 Å². The van der Waals surface area contributed by atoms with Gasteiger partial charge in [-0.3, -0.25) is 14.9 Å². The van der Waals surface area contributed by atoms with E-state index < -0.39 is 20.9 Å². The van der Waals surface area contributed by atoms with Crippen molar-refractivity contribution in [3.05, 3.63) is 44.1 Å². The summed E-state index contributed by atoms with van der Waals surface area (Å²) in [5.41, 5.74) is 0.210. The number of carbonyl (C=O) groups excluding carboxylic acids is 1. The van der Waals surface area contributed by atoms with Gasteiger partial charge in [0.1, 0.15) is 9.77 Å². The maximum atomic E-state index is 13.0. The molecule has 0 saturated carbocycles. The van der Waals surface area contributed by atoms with Crippen LogP contribution in [0.25, 0.3) is 0 Å². The SMILES string of the molecule is COc1cc(CCNC(=O)c2sccc2S(=O)(=O)N2CCCCC2)c([N+](=O)[O-])cc1OC. The second kappa shape index (κ2) is 10.3. The van der Waals surface area contributed by atoms with Crippen LogP contribution in [-0.2, 0) is 16.4 Å². The molecule has 0 bridgehead atoms. The van der Waals surface area contributed by atoms with E-state index in [0.717, 1.165) is 30.6 Å². The number of methoxy groups -OCH3 is 2. The number of hydrogen-bond acceptors (Lipinski definition) is 8. The van der Waals surface area contributed by atoms with Gasteiger partial charge >= 0.3 is 0 Å². The number of nitro groups is 1. The third kappa shape index (κ3) is 5.03. The van der Waals surface area contributed by atoms with Crippen molar-refractivity contribution in [2.24, 2.45) is 0 Å². The van der Waals surface area contributed by atoms with Crippen molar-refractivity contribution in [2.75, 3.05) is 33.9 Å². The number of benzene rings is 1. The van der Waals surface area contributed by atoms with Gasteiger partial charge in [0, 0.05) is 25.2 Å². The second-order valence-corrected chi connectivity index (χ2v) is 10.0. The summed E-state index contributed by atoms with van der Waals surface area (Å²) in [6.07, 6.45) is 2.75. The summed E-state index contributed by atoms with van der Waals surface area (Å²) in [7, 11) is -0.929. The minimum Gasteiger partial charge on any atom is -0.493 e. The van der Waals surface area contributed by atoms with Crippen molar-refractivity contribution in [3.8, 4) is 11.5 Å². The van der Waals surface area contributed by atoms with Gasteiger partial charge in [0.2, 0.25) is 10.0 Å². The first-order valence-corrected chi connectivity index (χ1v) is 12.4. The highest BCUT2D eigenvalue weighted by atomic mass is 32.2. The van der Waals surface area contributed by atoms with Crippen molar-refractivity contribution in [3.63, 3.8) is 0 Å². The summed E-state index contributed by atoms with van der Waals surface area (Å²) in [6.45, 7) is 0.973. The number of sulfonamides is 1. The maximum absolute atomic E-state index is 13.0. The highest BCUT2D eigenvalue weighted by molar-refractivity contribution is 7.89. The zero-order valence-corrected chi connectivity index (χ0v) is 19.5. The van der Waals surface area contributed by atoms with Crippen molar-refractivity contribution in [1.82, 2.24) is 9.62 Å². The molecule has 1 N–H and O–H groups in total. The number of nitro benzene ring substituents is 1. The molecule has 174 valence electrons. The van der Waals surface area contributed by atoms with Crippen LogP contribution in [0.3, 0.4) is 0 Å². The molecule has 1 fully saturated rings. The highest BCUT2D eigenvalue weighted by Crippen LogP contribution is 2.34. The molecule has 1 aromatic carbocycles. The Bertz CT molecular complexity index is 1090. The number of thiophene rings is 1. The van der Waals surface area contributed by atoms with Crippen LogP contribution in [0.1, 0.15) is 34.5 Å². The first-order valence-electron chi connectivity index (χ1n) is 10.0. The number of rotatable bonds is 9. The van der Waals surface area contributed by atoms with E-state index >= 15 is 0 Å². The van der Waals surface area contributed by atoms with E-state index in [1.165, 1.54) is 36.7 Å². The zero-order chi connectivity index (χ0) is 23.3. The molecule has 12 heteroatoms. The minimum absolute atomic E-state index is 0.000928. The maximum Gasteiger partial charge on any atom is 0.276 e. The molecule has 1 amide bonds. The molecule has 0 radical (unpaired) electrons. The lowest BCUT2D eigenvalue weighted by Crippen LogP contribution is -2.36. The average Bonchev–Trinajstić information content (AvgIpc) is 3.30. The van der Waals surface area contributed by atoms with Gasteiger partial charge in [-0.1, -0.05) is 6.42 Å². The van der Waals surface area contributed by atoms with Crippen molar-refractivity contribution in [1.29, 1.82) is 0 Å². The number of piperidine rings is 1. The molecular formula is C20H25N3O7S2. The lowest BCUT2D eigenvalue weighted by molar-refractivity contribution is -0.385. The molecule has 1 aliphatic heterocycles. The fourth-order valence-corrected chi connectivity index (χ4v) is 6.42. The number of ether oxygens (including phenoxy) is 2. The van der Waals surface area contributed by atoms with E-state index in [-0.39, 0.29) is 34.2 Å². The lowest BCUT2D eigenvalue weighted by Gasteiger charge is -2.25. The first-order chi connectivity index (χ1) is 15.3. The molecule has 0 unspecified atom stereocenters. The third-order valence-corrected chi connectivity index (χ3v) is 8.21. The molecular weight excluding hydrogens is 458 g/mol. The summed E-state index contributed by atoms with van der Waals surface area (Å²) >= 11 is 1.05. The number of nitrogens with zero attached hydrogens (tertiary/aromatic N) is 2. The topological polar surface area (TPSA) is 128 Å². The molecule has 1 aliphatic rings. The molecule has 0 aliphatic carbocycles. The molecule has 1 saturated heterocycles. The quantitative estimate of drug-likeness (QED) is 0.429. The van der Waals surface area contributed by atoms with E-state index in [0.29, 0.717) is 24.4 Å². The Balaban J connectivity index is 1.73. The first kappa shape index (κ1) is 24.0. The molecule has 2 heterocycles.